The van der Waals surface area contributed by atoms with Gasteiger partial charge in [0.05, 0.1) is 24.8 Å². The Hall–Kier alpha value is -0.620. The number of ether oxygens (including phenoxy) is 2. The van der Waals surface area contributed by atoms with Crippen LogP contribution in [0.5, 0.6) is 5.75 Å². The average molecular weight is 329 g/mol. The van der Waals surface area contributed by atoms with Gasteiger partial charge in [-0.25, -0.2) is 0 Å². The molecule has 0 amide bonds. The molecule has 5 heteroatoms. The summed E-state index contributed by atoms with van der Waals surface area (Å²) < 4.78 is 11.7. The number of nitrogens with one attached hydrogen (secondary N) is 1. The van der Waals surface area contributed by atoms with Crippen LogP contribution in [0.15, 0.2) is 22.7 Å². The Labute approximate surface area is 123 Å². The number of hydrogen-bond acceptors (Lipinski definition) is 4. The molecule has 1 fully saturated rings. The number of benzene rings is 1. The molecule has 1 aliphatic rings. The van der Waals surface area contributed by atoms with Crippen molar-refractivity contribution in [2.45, 2.75) is 12.6 Å². The van der Waals surface area contributed by atoms with Gasteiger partial charge >= 0.3 is 0 Å². The number of morpholine rings is 1. The van der Waals surface area contributed by atoms with E-state index in [2.05, 4.69) is 45.3 Å². The topological polar surface area (TPSA) is 33.7 Å². The molecule has 4 nitrogen and oxygen atoms in total. The minimum Gasteiger partial charge on any atom is -0.496 e. The largest absolute Gasteiger partial charge is 0.496 e. The van der Waals surface area contributed by atoms with Crippen LogP contribution in [0, 0.1) is 0 Å². The number of halogens is 1. The first-order valence-electron chi connectivity index (χ1n) is 6.51. The van der Waals surface area contributed by atoms with Gasteiger partial charge in [-0.05, 0) is 40.7 Å². The summed E-state index contributed by atoms with van der Waals surface area (Å²) in [6.07, 6.45) is 0. The van der Waals surface area contributed by atoms with Crippen molar-refractivity contribution in [1.82, 2.24) is 10.2 Å². The fraction of sp³-hybridized carbons (Fsp3) is 0.571. The van der Waals surface area contributed by atoms with Gasteiger partial charge in [0.25, 0.3) is 0 Å². The molecule has 0 spiro atoms. The van der Waals surface area contributed by atoms with E-state index < -0.39 is 0 Å². The van der Waals surface area contributed by atoms with Crippen LogP contribution in [0.2, 0.25) is 0 Å². The van der Waals surface area contributed by atoms with Crippen molar-refractivity contribution in [2.24, 2.45) is 0 Å². The highest BCUT2D eigenvalue weighted by Gasteiger charge is 2.15. The van der Waals surface area contributed by atoms with Crippen LogP contribution in [0.4, 0.5) is 0 Å². The molecule has 1 aromatic carbocycles. The first kappa shape index (κ1) is 14.8. The van der Waals surface area contributed by atoms with Gasteiger partial charge in [-0.15, -0.1) is 0 Å². The number of rotatable bonds is 5. The maximum absolute atomic E-state index is 5.47. The molecule has 2 rings (SSSR count). The predicted octanol–water partition coefficient (Wildman–Crippen LogP) is 1.88. The maximum Gasteiger partial charge on any atom is 0.133 e. The summed E-state index contributed by atoms with van der Waals surface area (Å²) in [7, 11) is 3.81. The lowest BCUT2D eigenvalue weighted by Crippen LogP contribution is -2.47. The minimum atomic E-state index is 0.431. The molecule has 0 bridgehead atoms. The SMILES string of the molecule is COc1ccc(CN(C)CC2COCCN2)cc1Br. The van der Waals surface area contributed by atoms with Crippen LogP contribution in [0.25, 0.3) is 0 Å². The highest BCUT2D eigenvalue weighted by molar-refractivity contribution is 9.10. The van der Waals surface area contributed by atoms with E-state index in [0.29, 0.717) is 6.04 Å². The Kier molecular flexibility index (Phi) is 5.63. The van der Waals surface area contributed by atoms with Crippen LogP contribution in [0.1, 0.15) is 5.56 Å². The van der Waals surface area contributed by atoms with Crippen molar-refractivity contribution in [3.63, 3.8) is 0 Å². The van der Waals surface area contributed by atoms with Crippen LogP contribution in [-0.4, -0.2) is 51.4 Å². The second kappa shape index (κ2) is 7.24. The molecular formula is C14H21BrN2O2. The third kappa shape index (κ3) is 4.45. The first-order valence-corrected chi connectivity index (χ1v) is 7.30. The Morgan fingerprint density at radius 1 is 1.53 bits per heavy atom. The van der Waals surface area contributed by atoms with Crippen molar-refractivity contribution in [3.05, 3.63) is 28.2 Å². The highest BCUT2D eigenvalue weighted by Crippen LogP contribution is 2.25. The maximum atomic E-state index is 5.47. The van der Waals surface area contributed by atoms with Crippen molar-refractivity contribution < 1.29 is 9.47 Å². The van der Waals surface area contributed by atoms with Gasteiger partial charge in [0.15, 0.2) is 0 Å². The lowest BCUT2D eigenvalue weighted by molar-refractivity contribution is 0.0645. The molecule has 0 saturated carbocycles. The summed E-state index contributed by atoms with van der Waals surface area (Å²) in [5.41, 5.74) is 1.27. The molecule has 1 aliphatic heterocycles. The van der Waals surface area contributed by atoms with E-state index in [4.69, 9.17) is 9.47 Å². The van der Waals surface area contributed by atoms with E-state index in [-0.39, 0.29) is 0 Å². The molecule has 1 unspecified atom stereocenters. The van der Waals surface area contributed by atoms with Gasteiger partial charge in [-0.2, -0.15) is 0 Å². The summed E-state index contributed by atoms with van der Waals surface area (Å²) in [6.45, 7) is 4.49. The molecule has 106 valence electrons. The molecule has 1 saturated heterocycles. The lowest BCUT2D eigenvalue weighted by Gasteiger charge is -2.28. The highest BCUT2D eigenvalue weighted by atomic mass is 79.9. The van der Waals surface area contributed by atoms with E-state index in [1.807, 2.05) is 6.07 Å². The third-order valence-corrected chi connectivity index (χ3v) is 3.82. The van der Waals surface area contributed by atoms with E-state index in [1.54, 1.807) is 7.11 Å². The van der Waals surface area contributed by atoms with Crippen LogP contribution < -0.4 is 10.1 Å². The van der Waals surface area contributed by atoms with Crippen molar-refractivity contribution >= 4 is 15.9 Å². The molecule has 0 radical (unpaired) electrons. The molecule has 1 atom stereocenters. The number of nitrogens with zero attached hydrogens (tertiary/aromatic N) is 1. The summed E-state index contributed by atoms with van der Waals surface area (Å²) in [5.74, 6) is 0.869. The van der Waals surface area contributed by atoms with Crippen LogP contribution in [-0.2, 0) is 11.3 Å². The smallest absolute Gasteiger partial charge is 0.133 e. The monoisotopic (exact) mass is 328 g/mol. The molecule has 1 N–H and O–H groups in total. The molecule has 1 aromatic rings. The minimum absolute atomic E-state index is 0.431. The van der Waals surface area contributed by atoms with Crippen LogP contribution >= 0.6 is 15.9 Å². The number of hydrogen-bond donors (Lipinski definition) is 1. The van der Waals surface area contributed by atoms with Gasteiger partial charge in [-0.3, -0.25) is 0 Å². The summed E-state index contributed by atoms with van der Waals surface area (Å²) in [5, 5.41) is 3.47. The summed E-state index contributed by atoms with van der Waals surface area (Å²) in [4.78, 5) is 2.31. The molecule has 19 heavy (non-hydrogen) atoms. The summed E-state index contributed by atoms with van der Waals surface area (Å²) >= 11 is 3.52. The van der Waals surface area contributed by atoms with Crippen molar-refractivity contribution in [2.75, 3.05) is 40.5 Å². The Morgan fingerprint density at radius 3 is 3.00 bits per heavy atom. The second-order valence-corrected chi connectivity index (χ2v) is 5.75. The third-order valence-electron chi connectivity index (χ3n) is 3.20. The number of methoxy groups -OCH3 is 1. The predicted molar refractivity (Wildman–Crippen MR) is 79.6 cm³/mol. The Morgan fingerprint density at radius 2 is 2.37 bits per heavy atom. The lowest BCUT2D eigenvalue weighted by atomic mass is 10.2. The molecule has 1 heterocycles. The van der Waals surface area contributed by atoms with Crippen LogP contribution in [0.3, 0.4) is 0 Å². The molecular weight excluding hydrogens is 308 g/mol. The van der Waals surface area contributed by atoms with Gasteiger partial charge in [0.1, 0.15) is 5.75 Å². The quantitative estimate of drug-likeness (QED) is 0.894. The molecule has 0 aliphatic carbocycles. The van der Waals surface area contributed by atoms with Gasteiger partial charge < -0.3 is 19.7 Å². The van der Waals surface area contributed by atoms with E-state index in [1.165, 1.54) is 5.56 Å². The van der Waals surface area contributed by atoms with Crippen molar-refractivity contribution in [3.8, 4) is 5.75 Å². The van der Waals surface area contributed by atoms with E-state index in [9.17, 15) is 0 Å². The second-order valence-electron chi connectivity index (χ2n) is 4.89. The fourth-order valence-corrected chi connectivity index (χ4v) is 2.89. The normalized spacial score (nSPS) is 19.7. The summed E-state index contributed by atoms with van der Waals surface area (Å²) in [6, 6.07) is 6.64. The number of likely N-dealkylation sites (N-methyl/N-ethyl adjacent to an activating group) is 1. The average Bonchev–Trinajstić information content (AvgIpc) is 2.40. The Balaban J connectivity index is 1.87. The standard InChI is InChI=1S/C14H21BrN2O2/c1-17(9-12-10-19-6-5-16-12)8-11-3-4-14(18-2)13(15)7-11/h3-4,7,12,16H,5-6,8-10H2,1-2H3. The Bertz CT molecular complexity index is 408. The van der Waals surface area contributed by atoms with Gasteiger partial charge in [-0.1, -0.05) is 6.07 Å². The zero-order valence-electron chi connectivity index (χ0n) is 11.5. The molecule has 0 aromatic heterocycles. The zero-order valence-corrected chi connectivity index (χ0v) is 13.1. The fourth-order valence-electron chi connectivity index (χ4n) is 2.30. The van der Waals surface area contributed by atoms with Gasteiger partial charge in [0.2, 0.25) is 0 Å². The van der Waals surface area contributed by atoms with E-state index >= 15 is 0 Å². The zero-order chi connectivity index (χ0) is 13.7. The first-order chi connectivity index (χ1) is 9.19. The van der Waals surface area contributed by atoms with E-state index in [0.717, 1.165) is 43.1 Å². The van der Waals surface area contributed by atoms with Crippen molar-refractivity contribution in [1.29, 1.82) is 0 Å². The van der Waals surface area contributed by atoms with Gasteiger partial charge in [0, 0.05) is 25.7 Å².